The van der Waals surface area contributed by atoms with Gasteiger partial charge in [-0.25, -0.2) is 4.68 Å². The zero-order chi connectivity index (χ0) is 13.4. The molecule has 0 spiro atoms. The van der Waals surface area contributed by atoms with Gasteiger partial charge in [-0.1, -0.05) is 11.6 Å². The Morgan fingerprint density at radius 2 is 1.95 bits per heavy atom. The summed E-state index contributed by atoms with van der Waals surface area (Å²) in [4.78, 5) is 0. The molecule has 5 nitrogen and oxygen atoms in total. The Morgan fingerprint density at radius 1 is 1.21 bits per heavy atom. The van der Waals surface area contributed by atoms with E-state index < -0.39 is 0 Å². The Morgan fingerprint density at radius 3 is 2.63 bits per heavy atom. The third-order valence-corrected chi connectivity index (χ3v) is 3.23. The van der Waals surface area contributed by atoms with Crippen molar-refractivity contribution in [3.8, 4) is 5.69 Å². The molecular formula is C13H12ClN5. The summed E-state index contributed by atoms with van der Waals surface area (Å²) in [5.41, 5.74) is 8.98. The number of aromatic nitrogens is 4. The van der Waals surface area contributed by atoms with Gasteiger partial charge in [-0.2, -0.15) is 15.3 Å². The maximum atomic E-state index is 5.88. The molecule has 6 heteroatoms. The second kappa shape index (κ2) is 4.60. The topological polar surface area (TPSA) is 69.6 Å². The number of nitrogens with zero attached hydrogens (tertiary/aromatic N) is 4. The number of fused-ring (bicyclic) bond motifs is 1. The molecule has 0 aliphatic heterocycles. The van der Waals surface area contributed by atoms with Crippen LogP contribution in [-0.2, 0) is 6.54 Å². The minimum absolute atomic E-state index is 0.343. The van der Waals surface area contributed by atoms with Crippen molar-refractivity contribution in [3.05, 3.63) is 46.9 Å². The normalized spacial score (nSPS) is 11.1. The molecule has 0 aliphatic rings. The number of hydrogen-bond acceptors (Lipinski definition) is 4. The van der Waals surface area contributed by atoms with Crippen LogP contribution < -0.4 is 5.73 Å². The van der Waals surface area contributed by atoms with Gasteiger partial charge in [0, 0.05) is 23.2 Å². The molecule has 0 radical (unpaired) electrons. The van der Waals surface area contributed by atoms with E-state index in [0.717, 1.165) is 28.0 Å². The summed E-state index contributed by atoms with van der Waals surface area (Å²) in [6.07, 6.45) is 1.92. The van der Waals surface area contributed by atoms with Gasteiger partial charge < -0.3 is 5.73 Å². The van der Waals surface area contributed by atoms with Crippen molar-refractivity contribution in [1.82, 2.24) is 20.0 Å². The second-order valence-corrected chi connectivity index (χ2v) is 4.69. The average molecular weight is 274 g/mol. The molecule has 2 N–H and O–H groups in total. The molecule has 0 saturated heterocycles. The highest BCUT2D eigenvalue weighted by molar-refractivity contribution is 6.30. The SMILES string of the molecule is Cc1nnc(CN)c2cn(-c3ccc(Cl)cc3)nc12. The highest BCUT2D eigenvalue weighted by Crippen LogP contribution is 2.20. The Balaban J connectivity index is 2.21. The largest absolute Gasteiger partial charge is 0.325 e. The van der Waals surface area contributed by atoms with Crippen LogP contribution in [0.2, 0.25) is 5.02 Å². The first-order chi connectivity index (χ1) is 9.19. The Hall–Kier alpha value is -1.98. The van der Waals surface area contributed by atoms with Gasteiger partial charge in [0.1, 0.15) is 5.52 Å². The van der Waals surface area contributed by atoms with Crippen LogP contribution >= 0.6 is 11.6 Å². The molecule has 1 aromatic carbocycles. The summed E-state index contributed by atoms with van der Waals surface area (Å²) < 4.78 is 1.79. The fourth-order valence-corrected chi connectivity index (χ4v) is 2.09. The van der Waals surface area contributed by atoms with Gasteiger partial charge in [-0.05, 0) is 31.2 Å². The van der Waals surface area contributed by atoms with E-state index in [1.54, 1.807) is 4.68 Å². The monoisotopic (exact) mass is 273 g/mol. The number of aryl methyl sites for hydroxylation is 1. The molecule has 96 valence electrons. The molecule has 2 aromatic heterocycles. The van der Waals surface area contributed by atoms with Crippen LogP contribution in [0.3, 0.4) is 0 Å². The predicted octanol–water partition coefficient (Wildman–Crippen LogP) is 2.24. The molecule has 0 saturated carbocycles. The van der Waals surface area contributed by atoms with E-state index >= 15 is 0 Å². The van der Waals surface area contributed by atoms with Crippen LogP contribution in [0.15, 0.2) is 30.5 Å². The van der Waals surface area contributed by atoms with Crippen molar-refractivity contribution < 1.29 is 0 Å². The highest BCUT2D eigenvalue weighted by Gasteiger charge is 2.11. The molecule has 0 amide bonds. The summed E-state index contributed by atoms with van der Waals surface area (Å²) in [5, 5.41) is 14.3. The van der Waals surface area contributed by atoms with Gasteiger partial charge in [-0.15, -0.1) is 0 Å². The molecule has 0 atom stereocenters. The van der Waals surface area contributed by atoms with Crippen LogP contribution in [0.4, 0.5) is 0 Å². The van der Waals surface area contributed by atoms with Crippen LogP contribution in [0, 0.1) is 6.92 Å². The maximum absolute atomic E-state index is 5.88. The van der Waals surface area contributed by atoms with Crippen molar-refractivity contribution in [2.45, 2.75) is 13.5 Å². The number of nitrogens with two attached hydrogens (primary N) is 1. The van der Waals surface area contributed by atoms with Crippen molar-refractivity contribution in [2.24, 2.45) is 5.73 Å². The third-order valence-electron chi connectivity index (χ3n) is 2.97. The first-order valence-electron chi connectivity index (χ1n) is 5.86. The first-order valence-corrected chi connectivity index (χ1v) is 6.24. The fourth-order valence-electron chi connectivity index (χ4n) is 1.97. The van der Waals surface area contributed by atoms with Crippen LogP contribution in [0.1, 0.15) is 11.4 Å². The average Bonchev–Trinajstić information content (AvgIpc) is 2.86. The van der Waals surface area contributed by atoms with Gasteiger partial charge in [-0.3, -0.25) is 0 Å². The summed E-state index contributed by atoms with van der Waals surface area (Å²) in [6, 6.07) is 7.48. The zero-order valence-electron chi connectivity index (χ0n) is 10.3. The highest BCUT2D eigenvalue weighted by atomic mass is 35.5. The van der Waals surface area contributed by atoms with Crippen molar-refractivity contribution in [3.63, 3.8) is 0 Å². The zero-order valence-corrected chi connectivity index (χ0v) is 11.1. The Kier molecular flexibility index (Phi) is 2.93. The van der Waals surface area contributed by atoms with Gasteiger partial charge in [0.2, 0.25) is 0 Å². The molecule has 0 fully saturated rings. The molecule has 19 heavy (non-hydrogen) atoms. The van der Waals surface area contributed by atoms with E-state index in [9.17, 15) is 0 Å². The number of benzene rings is 1. The standard InChI is InChI=1S/C13H12ClN5/c1-8-13-11(12(6-15)17-16-8)7-19(18-13)10-4-2-9(14)3-5-10/h2-5,7H,6,15H2,1H3. The van der Waals surface area contributed by atoms with Gasteiger partial charge in [0.05, 0.1) is 17.1 Å². The quantitative estimate of drug-likeness (QED) is 0.777. The van der Waals surface area contributed by atoms with E-state index in [4.69, 9.17) is 17.3 Å². The summed E-state index contributed by atoms with van der Waals surface area (Å²) in [6.45, 7) is 2.23. The number of rotatable bonds is 2. The molecule has 0 bridgehead atoms. The molecule has 2 heterocycles. The van der Waals surface area contributed by atoms with E-state index in [1.807, 2.05) is 37.4 Å². The summed E-state index contributed by atoms with van der Waals surface area (Å²) >= 11 is 5.88. The van der Waals surface area contributed by atoms with E-state index in [1.165, 1.54) is 0 Å². The minimum Gasteiger partial charge on any atom is -0.325 e. The lowest BCUT2D eigenvalue weighted by molar-refractivity contribution is 0.883. The van der Waals surface area contributed by atoms with Gasteiger partial charge in [0.25, 0.3) is 0 Å². The maximum Gasteiger partial charge on any atom is 0.118 e. The lowest BCUT2D eigenvalue weighted by Crippen LogP contribution is -2.02. The molecule has 0 aliphatic carbocycles. The molecule has 0 unspecified atom stereocenters. The predicted molar refractivity (Wildman–Crippen MR) is 74.3 cm³/mol. The smallest absolute Gasteiger partial charge is 0.118 e. The third kappa shape index (κ3) is 2.07. The summed E-state index contributed by atoms with van der Waals surface area (Å²) in [5.74, 6) is 0. The van der Waals surface area contributed by atoms with Crippen LogP contribution in [0.5, 0.6) is 0 Å². The molecule has 3 rings (SSSR count). The Bertz CT molecular complexity index is 733. The van der Waals surface area contributed by atoms with E-state index in [2.05, 4.69) is 15.3 Å². The van der Waals surface area contributed by atoms with Crippen LogP contribution in [0.25, 0.3) is 16.6 Å². The lowest BCUT2D eigenvalue weighted by atomic mass is 10.2. The Labute approximate surface area is 115 Å². The van der Waals surface area contributed by atoms with Crippen molar-refractivity contribution in [2.75, 3.05) is 0 Å². The fraction of sp³-hybridized carbons (Fsp3) is 0.154. The van der Waals surface area contributed by atoms with Gasteiger partial charge >= 0.3 is 0 Å². The number of halogens is 1. The first kappa shape index (κ1) is 12.1. The number of hydrogen-bond donors (Lipinski definition) is 1. The minimum atomic E-state index is 0.343. The van der Waals surface area contributed by atoms with Crippen molar-refractivity contribution in [1.29, 1.82) is 0 Å². The van der Waals surface area contributed by atoms with Crippen LogP contribution in [-0.4, -0.2) is 20.0 Å². The van der Waals surface area contributed by atoms with Crippen molar-refractivity contribution >= 4 is 22.5 Å². The van der Waals surface area contributed by atoms with E-state index in [0.29, 0.717) is 11.6 Å². The summed E-state index contributed by atoms with van der Waals surface area (Å²) in [7, 11) is 0. The second-order valence-electron chi connectivity index (χ2n) is 4.25. The lowest BCUT2D eigenvalue weighted by Gasteiger charge is -1.99. The van der Waals surface area contributed by atoms with E-state index in [-0.39, 0.29) is 0 Å². The molecular weight excluding hydrogens is 262 g/mol. The van der Waals surface area contributed by atoms with Gasteiger partial charge in [0.15, 0.2) is 0 Å². The molecule has 3 aromatic rings.